The summed E-state index contributed by atoms with van der Waals surface area (Å²) in [5.74, 6) is -0.0202. The van der Waals surface area contributed by atoms with Gasteiger partial charge in [-0.15, -0.1) is 0 Å². The van der Waals surface area contributed by atoms with E-state index in [1.807, 2.05) is 27.7 Å². The summed E-state index contributed by atoms with van der Waals surface area (Å²) >= 11 is 0. The van der Waals surface area contributed by atoms with E-state index >= 15 is 0 Å². The van der Waals surface area contributed by atoms with Gasteiger partial charge in [-0.25, -0.2) is 0 Å². The van der Waals surface area contributed by atoms with Gasteiger partial charge in [0.2, 0.25) is 0 Å². The van der Waals surface area contributed by atoms with Crippen molar-refractivity contribution in [3.63, 3.8) is 0 Å². The molecule has 0 bridgehead atoms. The zero-order valence-corrected chi connectivity index (χ0v) is 12.9. The maximum Gasteiger partial charge on any atom is 0.257 e. The van der Waals surface area contributed by atoms with E-state index in [0.29, 0.717) is 45.1 Å². The van der Waals surface area contributed by atoms with Crippen molar-refractivity contribution in [1.29, 1.82) is 0 Å². The molecule has 1 amide bonds. The van der Waals surface area contributed by atoms with Crippen molar-refractivity contribution in [2.45, 2.75) is 27.7 Å². The summed E-state index contributed by atoms with van der Waals surface area (Å²) in [5.41, 5.74) is 2.17. The number of nitrogens with zero attached hydrogens (tertiary/aromatic N) is 2. The summed E-state index contributed by atoms with van der Waals surface area (Å²) in [6.07, 6.45) is 0. The van der Waals surface area contributed by atoms with Crippen molar-refractivity contribution in [2.75, 3.05) is 39.5 Å². The van der Waals surface area contributed by atoms with Gasteiger partial charge in [0.05, 0.1) is 24.5 Å². The highest BCUT2D eigenvalue weighted by Crippen LogP contribution is 2.12. The number of aromatic nitrogens is 2. The van der Waals surface area contributed by atoms with Gasteiger partial charge in [0.15, 0.2) is 0 Å². The Morgan fingerprint density at radius 1 is 1.15 bits per heavy atom. The first kappa shape index (κ1) is 16.7. The average molecular weight is 283 g/mol. The number of aryl methyl sites for hydroxylation is 2. The molecule has 0 saturated heterocycles. The number of aromatic amines is 1. The summed E-state index contributed by atoms with van der Waals surface area (Å²) in [5, 5.41) is 6.92. The van der Waals surface area contributed by atoms with Gasteiger partial charge in [0.1, 0.15) is 0 Å². The van der Waals surface area contributed by atoms with E-state index in [9.17, 15) is 4.79 Å². The third-order valence-corrected chi connectivity index (χ3v) is 3.05. The molecule has 0 aliphatic carbocycles. The molecule has 1 N–H and O–H groups in total. The third-order valence-electron chi connectivity index (χ3n) is 3.05. The molecule has 1 heterocycles. The van der Waals surface area contributed by atoms with Crippen LogP contribution >= 0.6 is 0 Å². The summed E-state index contributed by atoms with van der Waals surface area (Å²) in [4.78, 5) is 14.4. The molecule has 20 heavy (non-hydrogen) atoms. The van der Waals surface area contributed by atoms with E-state index in [1.165, 1.54) is 0 Å². The molecule has 0 aromatic carbocycles. The number of hydrogen-bond donors (Lipinski definition) is 1. The van der Waals surface area contributed by atoms with Crippen LogP contribution in [0.1, 0.15) is 35.6 Å². The van der Waals surface area contributed by atoms with Crippen LogP contribution in [0.2, 0.25) is 0 Å². The molecule has 6 nitrogen and oxygen atoms in total. The Labute approximate surface area is 120 Å². The van der Waals surface area contributed by atoms with Gasteiger partial charge in [0, 0.05) is 32.0 Å². The molecule has 0 radical (unpaired) electrons. The maximum absolute atomic E-state index is 12.6. The molecule has 1 aromatic heterocycles. The maximum atomic E-state index is 12.6. The third kappa shape index (κ3) is 4.61. The van der Waals surface area contributed by atoms with Crippen LogP contribution < -0.4 is 0 Å². The standard InChI is InChI=1S/C14H25N3O3/c1-5-19-9-7-17(8-10-20-6-2)14(18)13-11(3)15-16-12(13)4/h5-10H2,1-4H3,(H,15,16). The van der Waals surface area contributed by atoms with Gasteiger partial charge in [0.25, 0.3) is 5.91 Å². The monoisotopic (exact) mass is 283 g/mol. The minimum absolute atomic E-state index is 0.0202. The van der Waals surface area contributed by atoms with Crippen molar-refractivity contribution in [3.8, 4) is 0 Å². The van der Waals surface area contributed by atoms with Crippen LogP contribution in [0, 0.1) is 13.8 Å². The molecule has 0 unspecified atom stereocenters. The summed E-state index contributed by atoms with van der Waals surface area (Å²) in [7, 11) is 0. The van der Waals surface area contributed by atoms with E-state index in [1.54, 1.807) is 4.90 Å². The van der Waals surface area contributed by atoms with Gasteiger partial charge in [-0.2, -0.15) is 5.10 Å². The highest BCUT2D eigenvalue weighted by molar-refractivity contribution is 5.96. The molecule has 1 aromatic rings. The molecule has 0 fully saturated rings. The van der Waals surface area contributed by atoms with Gasteiger partial charge in [-0.3, -0.25) is 9.89 Å². The molecule has 0 spiro atoms. The van der Waals surface area contributed by atoms with Gasteiger partial charge in [-0.1, -0.05) is 0 Å². The zero-order valence-electron chi connectivity index (χ0n) is 12.9. The van der Waals surface area contributed by atoms with Crippen LogP contribution in [0.15, 0.2) is 0 Å². The van der Waals surface area contributed by atoms with Gasteiger partial charge in [-0.05, 0) is 27.7 Å². The zero-order chi connectivity index (χ0) is 15.0. The first-order chi connectivity index (χ1) is 9.61. The van der Waals surface area contributed by atoms with Crippen molar-refractivity contribution >= 4 is 5.91 Å². The Kier molecular flexibility index (Phi) is 7.25. The molecule has 6 heteroatoms. The van der Waals surface area contributed by atoms with Crippen molar-refractivity contribution in [2.24, 2.45) is 0 Å². The number of nitrogens with one attached hydrogen (secondary N) is 1. The Morgan fingerprint density at radius 3 is 2.10 bits per heavy atom. The van der Waals surface area contributed by atoms with Crippen LogP contribution in [0.4, 0.5) is 0 Å². The highest BCUT2D eigenvalue weighted by atomic mass is 16.5. The Balaban J connectivity index is 2.72. The van der Waals surface area contributed by atoms with E-state index in [2.05, 4.69) is 10.2 Å². The minimum Gasteiger partial charge on any atom is -0.380 e. The number of rotatable bonds is 9. The molecular weight excluding hydrogens is 258 g/mol. The van der Waals surface area contributed by atoms with E-state index in [4.69, 9.17) is 9.47 Å². The van der Waals surface area contributed by atoms with Crippen LogP contribution in [0.5, 0.6) is 0 Å². The molecule has 1 rings (SSSR count). The first-order valence-corrected chi connectivity index (χ1v) is 7.08. The molecular formula is C14H25N3O3. The molecule has 0 aliphatic rings. The quantitative estimate of drug-likeness (QED) is 0.698. The molecule has 114 valence electrons. The number of amides is 1. The van der Waals surface area contributed by atoms with Crippen LogP contribution in [-0.4, -0.2) is 60.5 Å². The van der Waals surface area contributed by atoms with Crippen molar-refractivity contribution in [1.82, 2.24) is 15.1 Å². The minimum atomic E-state index is -0.0202. The van der Waals surface area contributed by atoms with Crippen molar-refractivity contribution in [3.05, 3.63) is 17.0 Å². The summed E-state index contributed by atoms with van der Waals surface area (Å²) < 4.78 is 10.7. The second-order valence-corrected chi connectivity index (χ2v) is 4.50. The number of H-pyrrole nitrogens is 1. The molecule has 0 saturated carbocycles. The fourth-order valence-electron chi connectivity index (χ4n) is 1.98. The van der Waals surface area contributed by atoms with E-state index < -0.39 is 0 Å². The summed E-state index contributed by atoms with van der Waals surface area (Å²) in [6, 6.07) is 0. The fourth-order valence-corrected chi connectivity index (χ4v) is 1.98. The van der Waals surface area contributed by atoms with Gasteiger partial charge < -0.3 is 14.4 Å². The molecule has 0 aliphatic heterocycles. The lowest BCUT2D eigenvalue weighted by Gasteiger charge is -2.22. The SMILES string of the molecule is CCOCCN(CCOCC)C(=O)c1c(C)n[nH]c1C. The summed E-state index contributed by atoms with van der Waals surface area (Å²) in [6.45, 7) is 11.1. The smallest absolute Gasteiger partial charge is 0.257 e. The Hall–Kier alpha value is -1.40. The predicted octanol–water partition coefficient (Wildman–Crippen LogP) is 1.54. The number of ether oxygens (including phenoxy) is 2. The predicted molar refractivity (Wildman–Crippen MR) is 77.0 cm³/mol. The fraction of sp³-hybridized carbons (Fsp3) is 0.714. The largest absolute Gasteiger partial charge is 0.380 e. The normalized spacial score (nSPS) is 10.8. The topological polar surface area (TPSA) is 67.5 Å². The number of carbonyl (C=O) groups is 1. The Bertz CT molecular complexity index is 388. The lowest BCUT2D eigenvalue weighted by Crippen LogP contribution is -2.37. The average Bonchev–Trinajstić information content (AvgIpc) is 2.76. The highest BCUT2D eigenvalue weighted by Gasteiger charge is 2.21. The van der Waals surface area contributed by atoms with E-state index in [-0.39, 0.29) is 5.91 Å². The van der Waals surface area contributed by atoms with E-state index in [0.717, 1.165) is 11.4 Å². The lowest BCUT2D eigenvalue weighted by molar-refractivity contribution is 0.0549. The molecule has 0 atom stereocenters. The second kappa shape index (κ2) is 8.71. The number of hydrogen-bond acceptors (Lipinski definition) is 4. The number of carbonyl (C=O) groups excluding carboxylic acids is 1. The van der Waals surface area contributed by atoms with Crippen molar-refractivity contribution < 1.29 is 14.3 Å². The van der Waals surface area contributed by atoms with Crippen LogP contribution in [-0.2, 0) is 9.47 Å². The van der Waals surface area contributed by atoms with Crippen LogP contribution in [0.25, 0.3) is 0 Å². The van der Waals surface area contributed by atoms with Crippen LogP contribution in [0.3, 0.4) is 0 Å². The first-order valence-electron chi connectivity index (χ1n) is 7.08. The second-order valence-electron chi connectivity index (χ2n) is 4.50. The Morgan fingerprint density at radius 2 is 1.70 bits per heavy atom. The van der Waals surface area contributed by atoms with Gasteiger partial charge >= 0.3 is 0 Å². The lowest BCUT2D eigenvalue weighted by atomic mass is 10.1.